The third-order valence-corrected chi connectivity index (χ3v) is 5.07. The van der Waals surface area contributed by atoms with E-state index in [-0.39, 0.29) is 23.5 Å². The second kappa shape index (κ2) is 6.71. The summed E-state index contributed by atoms with van der Waals surface area (Å²) in [6.07, 6.45) is 0.327. The molecule has 4 nitrogen and oxygen atoms in total. The zero-order valence-electron chi connectivity index (χ0n) is 12.8. The molecule has 0 heterocycles. The molecule has 1 aliphatic rings. The Morgan fingerprint density at radius 2 is 2.10 bits per heavy atom. The fourth-order valence-corrected chi connectivity index (χ4v) is 3.04. The number of rotatable bonds is 6. The zero-order valence-corrected chi connectivity index (χ0v) is 13.6. The van der Waals surface area contributed by atoms with E-state index in [2.05, 4.69) is 5.32 Å². The van der Waals surface area contributed by atoms with Crippen LogP contribution in [-0.2, 0) is 4.79 Å². The highest BCUT2D eigenvalue weighted by Gasteiger charge is 2.47. The molecule has 5 heteroatoms. The Balaban J connectivity index is 1.76. The van der Waals surface area contributed by atoms with Gasteiger partial charge in [-0.15, -0.1) is 11.8 Å². The van der Waals surface area contributed by atoms with E-state index in [1.165, 1.54) is 11.8 Å². The molecule has 0 spiro atoms. The van der Waals surface area contributed by atoms with Crippen molar-refractivity contribution in [2.75, 3.05) is 12.4 Å². The third-order valence-electron chi connectivity index (χ3n) is 4.06. The minimum atomic E-state index is -0.318. The standard InChI is InChI=1S/C16H23NO3S/c1-4-20-11-5-7-12(8-6-11)21-10-15(19)17-13-9-14(18)16(13,2)3/h5-8,13-14,18H,4,9-10H2,1-3H3,(H,17,19). The highest BCUT2D eigenvalue weighted by atomic mass is 32.2. The summed E-state index contributed by atoms with van der Waals surface area (Å²) in [7, 11) is 0. The number of nitrogens with one attached hydrogen (secondary N) is 1. The largest absolute Gasteiger partial charge is 0.494 e. The highest BCUT2D eigenvalue weighted by Crippen LogP contribution is 2.40. The Kier molecular flexibility index (Phi) is 5.17. The lowest BCUT2D eigenvalue weighted by molar-refractivity contribution is -0.126. The van der Waals surface area contributed by atoms with Crippen LogP contribution in [0.25, 0.3) is 0 Å². The SMILES string of the molecule is CCOc1ccc(SCC(=O)NC2CC(O)C2(C)C)cc1. The first-order valence-corrected chi connectivity index (χ1v) is 8.25. The molecular weight excluding hydrogens is 286 g/mol. The summed E-state index contributed by atoms with van der Waals surface area (Å²) in [5, 5.41) is 12.7. The Morgan fingerprint density at radius 1 is 1.43 bits per heavy atom. The normalized spacial score (nSPS) is 23.2. The molecule has 21 heavy (non-hydrogen) atoms. The molecule has 1 amide bonds. The molecule has 2 N–H and O–H groups in total. The van der Waals surface area contributed by atoms with Gasteiger partial charge in [-0.25, -0.2) is 0 Å². The van der Waals surface area contributed by atoms with E-state index in [9.17, 15) is 9.90 Å². The van der Waals surface area contributed by atoms with Gasteiger partial charge in [0.25, 0.3) is 0 Å². The fourth-order valence-electron chi connectivity index (χ4n) is 2.33. The van der Waals surface area contributed by atoms with Crippen molar-refractivity contribution in [2.24, 2.45) is 5.41 Å². The van der Waals surface area contributed by atoms with Gasteiger partial charge in [0, 0.05) is 16.4 Å². The second-order valence-corrected chi connectivity index (χ2v) is 6.93. The number of thioether (sulfide) groups is 1. The predicted octanol–water partition coefficient (Wildman–Crippen LogP) is 2.45. The lowest BCUT2D eigenvalue weighted by Gasteiger charge is -2.49. The minimum Gasteiger partial charge on any atom is -0.494 e. The van der Waals surface area contributed by atoms with E-state index in [4.69, 9.17) is 4.74 Å². The van der Waals surface area contributed by atoms with E-state index in [1.54, 1.807) is 0 Å². The van der Waals surface area contributed by atoms with Crippen molar-refractivity contribution in [3.63, 3.8) is 0 Å². The van der Waals surface area contributed by atoms with Crippen molar-refractivity contribution < 1.29 is 14.6 Å². The summed E-state index contributed by atoms with van der Waals surface area (Å²) in [6, 6.07) is 7.81. The van der Waals surface area contributed by atoms with Crippen LogP contribution >= 0.6 is 11.8 Å². The number of ether oxygens (including phenoxy) is 1. The van der Waals surface area contributed by atoms with Crippen LogP contribution in [0.2, 0.25) is 0 Å². The highest BCUT2D eigenvalue weighted by molar-refractivity contribution is 8.00. The molecule has 1 fully saturated rings. The molecule has 2 rings (SSSR count). The van der Waals surface area contributed by atoms with Crippen molar-refractivity contribution in [2.45, 2.75) is 44.2 Å². The van der Waals surface area contributed by atoms with Crippen LogP contribution < -0.4 is 10.1 Å². The molecule has 1 saturated carbocycles. The van der Waals surface area contributed by atoms with Gasteiger partial charge in [0.05, 0.1) is 18.5 Å². The number of aliphatic hydroxyl groups is 1. The molecular formula is C16H23NO3S. The molecule has 0 radical (unpaired) electrons. The molecule has 1 aromatic rings. The zero-order chi connectivity index (χ0) is 15.5. The van der Waals surface area contributed by atoms with Gasteiger partial charge < -0.3 is 15.2 Å². The van der Waals surface area contributed by atoms with Gasteiger partial charge in [0.15, 0.2) is 0 Å². The third kappa shape index (κ3) is 3.92. The molecule has 1 aliphatic carbocycles. The molecule has 0 aromatic heterocycles. The average Bonchev–Trinajstić information content (AvgIpc) is 2.46. The summed E-state index contributed by atoms with van der Waals surface area (Å²) in [4.78, 5) is 13.0. The van der Waals surface area contributed by atoms with Gasteiger partial charge in [-0.1, -0.05) is 13.8 Å². The molecule has 1 aromatic carbocycles. The first kappa shape index (κ1) is 16.2. The first-order valence-electron chi connectivity index (χ1n) is 7.26. The van der Waals surface area contributed by atoms with Crippen molar-refractivity contribution in [1.82, 2.24) is 5.32 Å². The summed E-state index contributed by atoms with van der Waals surface area (Å²) >= 11 is 1.50. The van der Waals surface area contributed by atoms with Crippen LogP contribution in [0.15, 0.2) is 29.2 Å². The lowest BCUT2D eigenvalue weighted by atomic mass is 9.64. The Labute approximate surface area is 130 Å². The van der Waals surface area contributed by atoms with Gasteiger partial charge in [0.2, 0.25) is 5.91 Å². The van der Waals surface area contributed by atoms with E-state index >= 15 is 0 Å². The number of carbonyl (C=O) groups is 1. The molecule has 0 aliphatic heterocycles. The minimum absolute atomic E-state index is 0.0128. The van der Waals surface area contributed by atoms with Crippen molar-refractivity contribution in [3.05, 3.63) is 24.3 Å². The summed E-state index contributed by atoms with van der Waals surface area (Å²) in [5.74, 6) is 1.24. The summed E-state index contributed by atoms with van der Waals surface area (Å²) in [6.45, 7) is 6.56. The van der Waals surface area contributed by atoms with E-state index in [0.29, 0.717) is 18.8 Å². The van der Waals surface area contributed by atoms with Gasteiger partial charge in [-0.05, 0) is 37.6 Å². The Morgan fingerprint density at radius 3 is 2.62 bits per heavy atom. The van der Waals surface area contributed by atoms with Crippen molar-refractivity contribution >= 4 is 17.7 Å². The summed E-state index contributed by atoms with van der Waals surface area (Å²) < 4.78 is 5.38. The van der Waals surface area contributed by atoms with Crippen LogP contribution in [-0.4, -0.2) is 35.5 Å². The molecule has 2 atom stereocenters. The maximum Gasteiger partial charge on any atom is 0.230 e. The topological polar surface area (TPSA) is 58.6 Å². The van der Waals surface area contributed by atoms with Gasteiger partial charge >= 0.3 is 0 Å². The number of carbonyl (C=O) groups excluding carboxylic acids is 1. The first-order chi connectivity index (χ1) is 9.93. The van der Waals surface area contributed by atoms with E-state index in [0.717, 1.165) is 10.6 Å². The van der Waals surface area contributed by atoms with Crippen molar-refractivity contribution in [1.29, 1.82) is 0 Å². The molecule has 0 bridgehead atoms. The van der Waals surface area contributed by atoms with Gasteiger partial charge in [0.1, 0.15) is 5.75 Å². The van der Waals surface area contributed by atoms with E-state index < -0.39 is 0 Å². The molecule has 0 saturated heterocycles. The average molecular weight is 309 g/mol. The monoisotopic (exact) mass is 309 g/mol. The second-order valence-electron chi connectivity index (χ2n) is 5.89. The number of hydrogen-bond donors (Lipinski definition) is 2. The predicted molar refractivity (Wildman–Crippen MR) is 84.7 cm³/mol. The molecule has 116 valence electrons. The number of aliphatic hydroxyl groups excluding tert-OH is 1. The van der Waals surface area contributed by atoms with Crippen LogP contribution in [0.5, 0.6) is 5.75 Å². The maximum atomic E-state index is 11.9. The lowest BCUT2D eigenvalue weighted by Crippen LogP contribution is -2.61. The van der Waals surface area contributed by atoms with Crippen LogP contribution in [0.4, 0.5) is 0 Å². The van der Waals surface area contributed by atoms with E-state index in [1.807, 2.05) is 45.0 Å². The Hall–Kier alpha value is -1.20. The maximum absolute atomic E-state index is 11.9. The summed E-state index contributed by atoms with van der Waals surface area (Å²) in [5.41, 5.74) is -0.223. The number of amides is 1. The van der Waals surface area contributed by atoms with Crippen LogP contribution in [0.1, 0.15) is 27.2 Å². The number of hydrogen-bond acceptors (Lipinski definition) is 4. The smallest absolute Gasteiger partial charge is 0.230 e. The van der Waals surface area contributed by atoms with Crippen molar-refractivity contribution in [3.8, 4) is 5.75 Å². The van der Waals surface area contributed by atoms with Gasteiger partial charge in [-0.3, -0.25) is 4.79 Å². The van der Waals surface area contributed by atoms with Crippen LogP contribution in [0, 0.1) is 5.41 Å². The Bertz CT molecular complexity index is 487. The molecule has 2 unspecified atom stereocenters. The number of benzene rings is 1. The van der Waals surface area contributed by atoms with Gasteiger partial charge in [-0.2, -0.15) is 0 Å². The fraction of sp³-hybridized carbons (Fsp3) is 0.562. The quantitative estimate of drug-likeness (QED) is 0.793. The van der Waals surface area contributed by atoms with Crippen LogP contribution in [0.3, 0.4) is 0 Å².